The van der Waals surface area contributed by atoms with E-state index in [1.165, 1.54) is 18.2 Å². The summed E-state index contributed by atoms with van der Waals surface area (Å²) in [5, 5.41) is 8.18. The van der Waals surface area contributed by atoms with Gasteiger partial charge in [0.1, 0.15) is 18.1 Å². The van der Waals surface area contributed by atoms with Gasteiger partial charge in [-0.3, -0.25) is 14.4 Å². The number of hydrogen-bond donors (Lipinski definition) is 3. The average Bonchev–Trinajstić information content (AvgIpc) is 3.22. The SMILES string of the molecule is O=C[C@H](C[C@@H]1CCNC1=O)NC(=O)[C@H](Cc1ccccc1)NC(=O)/C=C/c1ccc(Cl)cc1F. The summed E-state index contributed by atoms with van der Waals surface area (Å²) in [6.07, 6.45) is 3.95. The molecule has 3 amide bonds. The number of rotatable bonds is 10. The lowest BCUT2D eigenvalue weighted by Gasteiger charge is -2.21. The fourth-order valence-corrected chi connectivity index (χ4v) is 3.85. The lowest BCUT2D eigenvalue weighted by atomic mass is 9.98. The van der Waals surface area contributed by atoms with E-state index in [9.17, 15) is 23.6 Å². The van der Waals surface area contributed by atoms with Gasteiger partial charge in [-0.1, -0.05) is 48.0 Å². The monoisotopic (exact) mass is 485 g/mol. The van der Waals surface area contributed by atoms with Crippen LogP contribution in [0.25, 0.3) is 6.08 Å². The Hall–Kier alpha value is -3.52. The van der Waals surface area contributed by atoms with Gasteiger partial charge in [-0.2, -0.15) is 0 Å². The Bertz CT molecular complexity index is 1080. The predicted octanol–water partition coefficient (Wildman–Crippen LogP) is 2.43. The van der Waals surface area contributed by atoms with E-state index in [1.54, 1.807) is 0 Å². The molecular formula is C25H25ClFN3O4. The first kappa shape index (κ1) is 25.1. The third-order valence-electron chi connectivity index (χ3n) is 5.49. The molecule has 0 aromatic heterocycles. The van der Waals surface area contributed by atoms with Crippen molar-refractivity contribution in [2.24, 2.45) is 5.92 Å². The van der Waals surface area contributed by atoms with Gasteiger partial charge in [-0.25, -0.2) is 4.39 Å². The molecule has 0 radical (unpaired) electrons. The number of benzene rings is 2. The normalized spacial score (nSPS) is 17.1. The summed E-state index contributed by atoms with van der Waals surface area (Å²) in [6.45, 7) is 0.538. The topological polar surface area (TPSA) is 104 Å². The summed E-state index contributed by atoms with van der Waals surface area (Å²) in [4.78, 5) is 48.9. The molecule has 3 N–H and O–H groups in total. The van der Waals surface area contributed by atoms with E-state index >= 15 is 0 Å². The summed E-state index contributed by atoms with van der Waals surface area (Å²) < 4.78 is 14.0. The van der Waals surface area contributed by atoms with Crippen LogP contribution in [0.4, 0.5) is 4.39 Å². The van der Waals surface area contributed by atoms with Crippen LogP contribution in [-0.4, -0.2) is 42.6 Å². The van der Waals surface area contributed by atoms with Gasteiger partial charge in [0.25, 0.3) is 0 Å². The minimum atomic E-state index is -0.991. The molecule has 7 nitrogen and oxygen atoms in total. The van der Waals surface area contributed by atoms with Crippen molar-refractivity contribution in [2.45, 2.75) is 31.3 Å². The summed E-state index contributed by atoms with van der Waals surface area (Å²) >= 11 is 5.74. The molecule has 1 saturated heterocycles. The van der Waals surface area contributed by atoms with Gasteiger partial charge >= 0.3 is 0 Å². The van der Waals surface area contributed by atoms with Gasteiger partial charge < -0.3 is 20.7 Å². The van der Waals surface area contributed by atoms with E-state index in [0.717, 1.165) is 17.7 Å². The lowest BCUT2D eigenvalue weighted by Crippen LogP contribution is -2.51. The maximum Gasteiger partial charge on any atom is 0.244 e. The Morgan fingerprint density at radius 2 is 1.94 bits per heavy atom. The molecule has 0 spiro atoms. The summed E-state index contributed by atoms with van der Waals surface area (Å²) in [5.74, 6) is -2.24. The maximum atomic E-state index is 14.0. The van der Waals surface area contributed by atoms with Crippen molar-refractivity contribution in [3.63, 3.8) is 0 Å². The Kier molecular flexibility index (Phi) is 8.93. The van der Waals surface area contributed by atoms with Gasteiger partial charge in [0.15, 0.2) is 0 Å². The van der Waals surface area contributed by atoms with Crippen LogP contribution in [-0.2, 0) is 25.6 Å². The molecule has 34 heavy (non-hydrogen) atoms. The molecule has 1 aliphatic heterocycles. The fraction of sp³-hybridized carbons (Fsp3) is 0.280. The van der Waals surface area contributed by atoms with E-state index in [-0.39, 0.29) is 35.3 Å². The third-order valence-corrected chi connectivity index (χ3v) is 5.72. The first-order chi connectivity index (χ1) is 16.4. The zero-order valence-corrected chi connectivity index (χ0v) is 19.1. The smallest absolute Gasteiger partial charge is 0.244 e. The number of hydrogen-bond acceptors (Lipinski definition) is 4. The lowest BCUT2D eigenvalue weighted by molar-refractivity contribution is -0.129. The molecule has 1 fully saturated rings. The molecule has 0 aliphatic carbocycles. The molecule has 1 aliphatic rings. The molecule has 2 aromatic carbocycles. The number of carbonyl (C=O) groups is 4. The molecule has 0 bridgehead atoms. The number of halogens is 2. The van der Waals surface area contributed by atoms with Crippen molar-refractivity contribution in [1.29, 1.82) is 0 Å². The van der Waals surface area contributed by atoms with E-state index in [1.807, 2.05) is 30.3 Å². The minimum Gasteiger partial charge on any atom is -0.356 e. The quantitative estimate of drug-likeness (QED) is 0.355. The zero-order valence-electron chi connectivity index (χ0n) is 18.3. The second-order valence-electron chi connectivity index (χ2n) is 8.01. The van der Waals surface area contributed by atoms with Crippen LogP contribution in [0, 0.1) is 11.7 Å². The standard InChI is InChI=1S/C25H25ClFN3O4/c26-19-8-6-17(21(27)14-19)7-9-23(32)30-22(12-16-4-2-1-3-5-16)25(34)29-20(15-31)13-18-10-11-28-24(18)33/h1-9,14-15,18,20,22H,10-13H2,(H,28,33)(H,29,34)(H,30,32)/b9-7+/t18-,20-,22-/m0/s1. The number of amides is 3. The van der Waals surface area contributed by atoms with Gasteiger partial charge in [0, 0.05) is 35.5 Å². The van der Waals surface area contributed by atoms with Crippen LogP contribution in [0.15, 0.2) is 54.6 Å². The Morgan fingerprint density at radius 1 is 1.18 bits per heavy atom. The molecule has 3 atom stereocenters. The van der Waals surface area contributed by atoms with E-state index in [2.05, 4.69) is 16.0 Å². The van der Waals surface area contributed by atoms with Gasteiger partial charge in [0.2, 0.25) is 17.7 Å². The highest BCUT2D eigenvalue weighted by Gasteiger charge is 2.29. The van der Waals surface area contributed by atoms with Crippen molar-refractivity contribution < 1.29 is 23.6 Å². The number of nitrogens with one attached hydrogen (secondary N) is 3. The third kappa shape index (κ3) is 7.25. The molecular weight excluding hydrogens is 461 g/mol. The maximum absolute atomic E-state index is 14.0. The second kappa shape index (κ2) is 12.1. The van der Waals surface area contributed by atoms with Crippen LogP contribution in [0.1, 0.15) is 24.0 Å². The number of carbonyl (C=O) groups excluding carboxylic acids is 4. The molecule has 2 aromatic rings. The largest absolute Gasteiger partial charge is 0.356 e. The Morgan fingerprint density at radius 3 is 2.59 bits per heavy atom. The van der Waals surface area contributed by atoms with Crippen molar-refractivity contribution in [3.8, 4) is 0 Å². The first-order valence-corrected chi connectivity index (χ1v) is 11.2. The molecule has 9 heteroatoms. The van der Waals surface area contributed by atoms with Crippen molar-refractivity contribution >= 4 is 41.7 Å². The van der Waals surface area contributed by atoms with E-state index in [4.69, 9.17) is 11.6 Å². The molecule has 1 heterocycles. The Labute approximate surface area is 201 Å². The van der Waals surface area contributed by atoms with Crippen LogP contribution in [0.5, 0.6) is 0 Å². The van der Waals surface area contributed by atoms with Crippen LogP contribution >= 0.6 is 11.6 Å². The fourth-order valence-electron chi connectivity index (χ4n) is 3.69. The van der Waals surface area contributed by atoms with Crippen LogP contribution in [0.3, 0.4) is 0 Å². The predicted molar refractivity (Wildman–Crippen MR) is 126 cm³/mol. The van der Waals surface area contributed by atoms with Gasteiger partial charge in [0.05, 0.1) is 6.04 Å². The summed E-state index contributed by atoms with van der Waals surface area (Å²) in [7, 11) is 0. The van der Waals surface area contributed by atoms with E-state index in [0.29, 0.717) is 19.3 Å². The van der Waals surface area contributed by atoms with Crippen molar-refractivity contribution in [3.05, 3.63) is 76.6 Å². The number of aldehydes is 1. The Balaban J connectivity index is 1.69. The second-order valence-corrected chi connectivity index (χ2v) is 8.45. The molecule has 0 unspecified atom stereocenters. The minimum absolute atomic E-state index is 0.144. The molecule has 178 valence electrons. The van der Waals surface area contributed by atoms with Crippen molar-refractivity contribution in [2.75, 3.05) is 6.54 Å². The van der Waals surface area contributed by atoms with Crippen LogP contribution in [0.2, 0.25) is 5.02 Å². The highest BCUT2D eigenvalue weighted by molar-refractivity contribution is 6.30. The first-order valence-electron chi connectivity index (χ1n) is 10.9. The van der Waals surface area contributed by atoms with Gasteiger partial charge in [-0.05, 0) is 36.6 Å². The molecule has 3 rings (SSSR count). The van der Waals surface area contributed by atoms with Crippen molar-refractivity contribution in [1.82, 2.24) is 16.0 Å². The summed E-state index contributed by atoms with van der Waals surface area (Å²) in [6, 6.07) is 11.3. The van der Waals surface area contributed by atoms with Gasteiger partial charge in [-0.15, -0.1) is 0 Å². The summed E-state index contributed by atoms with van der Waals surface area (Å²) in [5.41, 5.74) is 0.966. The average molecular weight is 486 g/mol. The zero-order chi connectivity index (χ0) is 24.5. The molecule has 0 saturated carbocycles. The highest BCUT2D eigenvalue weighted by atomic mass is 35.5. The van der Waals surface area contributed by atoms with E-state index < -0.39 is 29.7 Å². The highest BCUT2D eigenvalue weighted by Crippen LogP contribution is 2.17. The van der Waals surface area contributed by atoms with Crippen LogP contribution < -0.4 is 16.0 Å².